The summed E-state index contributed by atoms with van der Waals surface area (Å²) in [6.07, 6.45) is 2.68. The number of amides is 2. The van der Waals surface area contributed by atoms with Crippen LogP contribution < -0.4 is 15.5 Å². The molecule has 0 spiro atoms. The Morgan fingerprint density at radius 2 is 1.91 bits per heavy atom. The number of pyridine rings is 1. The van der Waals surface area contributed by atoms with E-state index in [4.69, 9.17) is 0 Å². The fraction of sp³-hybridized carbons (Fsp3) is 0.562. The van der Waals surface area contributed by atoms with Gasteiger partial charge in [0.15, 0.2) is 0 Å². The smallest absolute Gasteiger partial charge is 0.239 e. The Bertz CT molecular complexity index is 500. The van der Waals surface area contributed by atoms with Gasteiger partial charge in [-0.2, -0.15) is 0 Å². The van der Waals surface area contributed by atoms with Crippen molar-refractivity contribution in [1.82, 2.24) is 20.5 Å². The summed E-state index contributed by atoms with van der Waals surface area (Å²) in [5.74, 6) is 0.729. The molecular formula is C16H25N5O2. The van der Waals surface area contributed by atoms with E-state index in [0.29, 0.717) is 13.1 Å². The van der Waals surface area contributed by atoms with Crippen LogP contribution in [0.5, 0.6) is 0 Å². The first-order valence-corrected chi connectivity index (χ1v) is 8.10. The molecule has 1 fully saturated rings. The van der Waals surface area contributed by atoms with E-state index in [-0.39, 0.29) is 18.4 Å². The molecule has 23 heavy (non-hydrogen) atoms. The lowest BCUT2D eigenvalue weighted by Crippen LogP contribution is -2.50. The number of nitrogens with zero attached hydrogens (tertiary/aromatic N) is 3. The van der Waals surface area contributed by atoms with Crippen molar-refractivity contribution in [1.29, 1.82) is 0 Å². The Labute approximate surface area is 137 Å². The zero-order valence-electron chi connectivity index (χ0n) is 13.6. The van der Waals surface area contributed by atoms with Gasteiger partial charge in [0.2, 0.25) is 11.8 Å². The van der Waals surface area contributed by atoms with Crippen molar-refractivity contribution in [3.8, 4) is 0 Å². The van der Waals surface area contributed by atoms with Gasteiger partial charge in [-0.15, -0.1) is 0 Å². The highest BCUT2D eigenvalue weighted by atomic mass is 16.2. The van der Waals surface area contributed by atoms with Crippen molar-refractivity contribution in [3.05, 3.63) is 24.4 Å². The first-order chi connectivity index (χ1) is 11.2. The van der Waals surface area contributed by atoms with Crippen molar-refractivity contribution in [2.75, 3.05) is 50.7 Å². The second kappa shape index (κ2) is 9.09. The number of carbonyl (C=O) groups excluding carboxylic acids is 2. The summed E-state index contributed by atoms with van der Waals surface area (Å²) in [6, 6.07) is 5.88. The number of hydrogen-bond acceptors (Lipinski definition) is 5. The molecule has 0 saturated carbocycles. The minimum absolute atomic E-state index is 0.0483. The molecule has 1 aliphatic rings. The van der Waals surface area contributed by atoms with E-state index in [1.807, 2.05) is 25.1 Å². The summed E-state index contributed by atoms with van der Waals surface area (Å²) in [7, 11) is 0. The molecule has 0 aromatic carbocycles. The molecule has 126 valence electrons. The summed E-state index contributed by atoms with van der Waals surface area (Å²) in [5, 5.41) is 5.40. The third-order valence-corrected chi connectivity index (χ3v) is 3.73. The Balaban J connectivity index is 1.66. The highest BCUT2D eigenvalue weighted by Gasteiger charge is 2.19. The molecule has 2 amide bonds. The lowest BCUT2D eigenvalue weighted by atomic mass is 10.3. The largest absolute Gasteiger partial charge is 0.355 e. The first kappa shape index (κ1) is 17.2. The summed E-state index contributed by atoms with van der Waals surface area (Å²) < 4.78 is 0. The summed E-state index contributed by atoms with van der Waals surface area (Å²) in [5.41, 5.74) is 0. The standard InChI is InChI=1S/C16H25N5O2/c1-2-6-18-15(22)12-19-16(23)13-20-8-10-21(11-9-20)14-5-3-4-7-17-14/h3-5,7H,2,6,8-13H2,1H3,(H,18,22)(H,19,23). The van der Waals surface area contributed by atoms with E-state index < -0.39 is 0 Å². The van der Waals surface area contributed by atoms with Gasteiger partial charge < -0.3 is 15.5 Å². The van der Waals surface area contributed by atoms with Gasteiger partial charge in [-0.3, -0.25) is 14.5 Å². The molecule has 0 unspecified atom stereocenters. The van der Waals surface area contributed by atoms with Crippen LogP contribution in [0.25, 0.3) is 0 Å². The van der Waals surface area contributed by atoms with Gasteiger partial charge in [-0.05, 0) is 18.6 Å². The third-order valence-electron chi connectivity index (χ3n) is 3.73. The second-order valence-corrected chi connectivity index (χ2v) is 5.58. The summed E-state index contributed by atoms with van der Waals surface area (Å²) in [4.78, 5) is 32.0. The molecule has 0 atom stereocenters. The maximum absolute atomic E-state index is 11.9. The van der Waals surface area contributed by atoms with E-state index >= 15 is 0 Å². The molecule has 0 aliphatic carbocycles. The van der Waals surface area contributed by atoms with Crippen molar-refractivity contribution >= 4 is 17.6 Å². The number of nitrogens with one attached hydrogen (secondary N) is 2. The van der Waals surface area contributed by atoms with Crippen molar-refractivity contribution < 1.29 is 9.59 Å². The highest BCUT2D eigenvalue weighted by Crippen LogP contribution is 2.12. The first-order valence-electron chi connectivity index (χ1n) is 8.10. The predicted octanol–water partition coefficient (Wildman–Crippen LogP) is -0.154. The maximum Gasteiger partial charge on any atom is 0.239 e. The van der Waals surface area contributed by atoms with Crippen LogP contribution in [0.4, 0.5) is 5.82 Å². The minimum atomic E-state index is -0.139. The van der Waals surface area contributed by atoms with E-state index in [1.54, 1.807) is 6.20 Å². The zero-order valence-corrected chi connectivity index (χ0v) is 13.6. The van der Waals surface area contributed by atoms with Crippen LogP contribution in [0.1, 0.15) is 13.3 Å². The molecule has 0 bridgehead atoms. The van der Waals surface area contributed by atoms with Gasteiger partial charge in [0.25, 0.3) is 0 Å². The lowest BCUT2D eigenvalue weighted by molar-refractivity contribution is -0.126. The van der Waals surface area contributed by atoms with Gasteiger partial charge in [-0.25, -0.2) is 4.98 Å². The van der Waals surface area contributed by atoms with E-state index in [1.165, 1.54) is 0 Å². The molecule has 1 aromatic rings. The summed E-state index contributed by atoms with van der Waals surface area (Å²) >= 11 is 0. The molecule has 1 aromatic heterocycles. The lowest BCUT2D eigenvalue weighted by Gasteiger charge is -2.34. The SMILES string of the molecule is CCCNC(=O)CNC(=O)CN1CCN(c2ccccn2)CC1. The fourth-order valence-electron chi connectivity index (χ4n) is 2.44. The van der Waals surface area contributed by atoms with Crippen LogP contribution in [0, 0.1) is 0 Å². The Kier molecular flexibility index (Phi) is 6.80. The molecule has 2 rings (SSSR count). The van der Waals surface area contributed by atoms with Gasteiger partial charge in [0.1, 0.15) is 5.82 Å². The van der Waals surface area contributed by atoms with Gasteiger partial charge >= 0.3 is 0 Å². The summed E-state index contributed by atoms with van der Waals surface area (Å²) in [6.45, 7) is 6.33. The average molecular weight is 319 g/mol. The quantitative estimate of drug-likeness (QED) is 0.731. The molecule has 2 heterocycles. The number of aromatic nitrogens is 1. The number of carbonyl (C=O) groups is 2. The van der Waals surface area contributed by atoms with Crippen LogP contribution in [0.2, 0.25) is 0 Å². The van der Waals surface area contributed by atoms with E-state index in [9.17, 15) is 9.59 Å². The van der Waals surface area contributed by atoms with E-state index in [2.05, 4.69) is 25.4 Å². The molecule has 7 heteroatoms. The number of hydrogen-bond donors (Lipinski definition) is 2. The monoisotopic (exact) mass is 319 g/mol. The topological polar surface area (TPSA) is 77.6 Å². The number of piperazine rings is 1. The fourth-order valence-corrected chi connectivity index (χ4v) is 2.44. The van der Waals surface area contributed by atoms with Crippen LogP contribution in [0.3, 0.4) is 0 Å². The van der Waals surface area contributed by atoms with Gasteiger partial charge in [-0.1, -0.05) is 13.0 Å². The van der Waals surface area contributed by atoms with Crippen LogP contribution in [0.15, 0.2) is 24.4 Å². The van der Waals surface area contributed by atoms with Crippen LogP contribution >= 0.6 is 0 Å². The average Bonchev–Trinajstić information content (AvgIpc) is 2.59. The van der Waals surface area contributed by atoms with Crippen LogP contribution in [-0.4, -0.2) is 67.5 Å². The number of rotatable bonds is 7. The Morgan fingerprint density at radius 3 is 2.57 bits per heavy atom. The molecule has 2 N–H and O–H groups in total. The second-order valence-electron chi connectivity index (χ2n) is 5.58. The van der Waals surface area contributed by atoms with Gasteiger partial charge in [0.05, 0.1) is 13.1 Å². The highest BCUT2D eigenvalue weighted by molar-refractivity contribution is 5.85. The number of anilines is 1. The minimum Gasteiger partial charge on any atom is -0.355 e. The molecule has 0 radical (unpaired) electrons. The van der Waals surface area contributed by atoms with Crippen molar-refractivity contribution in [3.63, 3.8) is 0 Å². The maximum atomic E-state index is 11.9. The van der Waals surface area contributed by atoms with Crippen LogP contribution in [-0.2, 0) is 9.59 Å². The molecule has 7 nitrogen and oxygen atoms in total. The normalized spacial score (nSPS) is 15.3. The predicted molar refractivity (Wildman–Crippen MR) is 89.2 cm³/mol. The Morgan fingerprint density at radius 1 is 1.13 bits per heavy atom. The van der Waals surface area contributed by atoms with E-state index in [0.717, 1.165) is 38.4 Å². The van der Waals surface area contributed by atoms with Crippen molar-refractivity contribution in [2.45, 2.75) is 13.3 Å². The van der Waals surface area contributed by atoms with Gasteiger partial charge in [0, 0.05) is 38.9 Å². The molecule has 1 saturated heterocycles. The zero-order chi connectivity index (χ0) is 16.5. The molecule has 1 aliphatic heterocycles. The van der Waals surface area contributed by atoms with Crippen molar-refractivity contribution in [2.24, 2.45) is 0 Å². The third kappa shape index (κ3) is 5.86. The molecular weight excluding hydrogens is 294 g/mol. The Hall–Kier alpha value is -2.15.